The van der Waals surface area contributed by atoms with E-state index in [1.165, 1.54) is 0 Å². The molecule has 0 bridgehead atoms. The van der Waals surface area contributed by atoms with Crippen molar-refractivity contribution in [1.82, 2.24) is 9.88 Å². The van der Waals surface area contributed by atoms with Crippen molar-refractivity contribution in [3.05, 3.63) is 36.0 Å². The Morgan fingerprint density at radius 3 is 2.75 bits per heavy atom. The van der Waals surface area contributed by atoms with Crippen molar-refractivity contribution in [3.8, 4) is 0 Å². The number of amides is 1. The molecule has 0 radical (unpaired) electrons. The zero-order valence-corrected chi connectivity index (χ0v) is 11.2. The fourth-order valence-corrected chi connectivity index (χ4v) is 2.87. The van der Waals surface area contributed by atoms with Gasteiger partial charge in [0.05, 0.1) is 11.5 Å². The smallest absolute Gasteiger partial charge is 0.308 e. The lowest BCUT2D eigenvalue weighted by Gasteiger charge is -2.15. The van der Waals surface area contributed by atoms with Crippen LogP contribution in [0.1, 0.15) is 17.3 Å². The Labute approximate surface area is 116 Å². The molecule has 5 nitrogen and oxygen atoms in total. The SMILES string of the molecule is C[C@@H]1CN(C(=O)c2c[nH]c3ccccc23)C[C@H]1C(=O)O. The number of para-hydroxylation sites is 1. The average molecular weight is 272 g/mol. The van der Waals surface area contributed by atoms with Gasteiger partial charge in [-0.3, -0.25) is 9.59 Å². The number of carboxylic acids is 1. The summed E-state index contributed by atoms with van der Waals surface area (Å²) in [7, 11) is 0. The molecule has 3 rings (SSSR count). The quantitative estimate of drug-likeness (QED) is 0.877. The highest BCUT2D eigenvalue weighted by Gasteiger charge is 2.37. The number of benzene rings is 1. The van der Waals surface area contributed by atoms with Crippen LogP contribution in [-0.4, -0.2) is 40.0 Å². The molecule has 2 atom stereocenters. The van der Waals surface area contributed by atoms with Crippen LogP contribution in [-0.2, 0) is 4.79 Å². The minimum absolute atomic E-state index is 0.0124. The van der Waals surface area contributed by atoms with Crippen LogP contribution < -0.4 is 0 Å². The Hall–Kier alpha value is -2.30. The topological polar surface area (TPSA) is 73.4 Å². The number of aliphatic carboxylic acids is 1. The van der Waals surface area contributed by atoms with Crippen molar-refractivity contribution in [3.63, 3.8) is 0 Å². The van der Waals surface area contributed by atoms with Crippen molar-refractivity contribution in [2.45, 2.75) is 6.92 Å². The Morgan fingerprint density at radius 1 is 1.30 bits per heavy atom. The minimum atomic E-state index is -0.827. The van der Waals surface area contributed by atoms with Gasteiger partial charge >= 0.3 is 5.97 Å². The van der Waals surface area contributed by atoms with Gasteiger partial charge in [-0.25, -0.2) is 0 Å². The Kier molecular flexibility index (Phi) is 2.97. The van der Waals surface area contributed by atoms with Gasteiger partial charge in [0.2, 0.25) is 0 Å². The molecular formula is C15H16N2O3. The number of hydrogen-bond donors (Lipinski definition) is 2. The zero-order valence-electron chi connectivity index (χ0n) is 11.2. The summed E-state index contributed by atoms with van der Waals surface area (Å²) in [4.78, 5) is 28.4. The summed E-state index contributed by atoms with van der Waals surface area (Å²) in [6, 6.07) is 7.61. The van der Waals surface area contributed by atoms with Gasteiger partial charge in [0.1, 0.15) is 0 Å². The molecule has 0 saturated carbocycles. The van der Waals surface area contributed by atoms with Crippen molar-refractivity contribution < 1.29 is 14.7 Å². The number of rotatable bonds is 2. The fourth-order valence-electron chi connectivity index (χ4n) is 2.87. The first-order chi connectivity index (χ1) is 9.58. The number of carboxylic acid groups (broad SMARTS) is 1. The molecule has 0 unspecified atom stereocenters. The summed E-state index contributed by atoms with van der Waals surface area (Å²) >= 11 is 0. The van der Waals surface area contributed by atoms with Crippen LogP contribution in [0.25, 0.3) is 10.9 Å². The summed E-state index contributed by atoms with van der Waals surface area (Å²) in [5, 5.41) is 10.0. The molecule has 1 saturated heterocycles. The first kappa shape index (κ1) is 12.7. The molecule has 1 aromatic carbocycles. The first-order valence-electron chi connectivity index (χ1n) is 6.66. The summed E-state index contributed by atoms with van der Waals surface area (Å²) in [5.41, 5.74) is 1.52. The van der Waals surface area contributed by atoms with Gasteiger partial charge in [0.15, 0.2) is 0 Å². The number of nitrogens with zero attached hydrogens (tertiary/aromatic N) is 1. The Morgan fingerprint density at radius 2 is 2.05 bits per heavy atom. The van der Waals surface area contributed by atoms with Gasteiger partial charge in [0, 0.05) is 30.2 Å². The third-order valence-corrected chi connectivity index (χ3v) is 4.04. The average Bonchev–Trinajstić information content (AvgIpc) is 3.01. The third kappa shape index (κ3) is 1.95. The van der Waals surface area contributed by atoms with Gasteiger partial charge in [-0.05, 0) is 12.0 Å². The van der Waals surface area contributed by atoms with Crippen molar-refractivity contribution in [2.75, 3.05) is 13.1 Å². The molecule has 0 spiro atoms. The summed E-state index contributed by atoms with van der Waals surface area (Å²) in [5.74, 6) is -1.41. The number of aromatic amines is 1. The van der Waals surface area contributed by atoms with E-state index in [2.05, 4.69) is 4.98 Å². The van der Waals surface area contributed by atoms with Crippen molar-refractivity contribution in [2.24, 2.45) is 11.8 Å². The minimum Gasteiger partial charge on any atom is -0.481 e. The second kappa shape index (κ2) is 4.67. The molecule has 5 heteroatoms. The van der Waals surface area contributed by atoms with Crippen LogP contribution >= 0.6 is 0 Å². The van der Waals surface area contributed by atoms with Crippen LogP contribution in [0, 0.1) is 11.8 Å². The van der Waals surface area contributed by atoms with Crippen LogP contribution in [0.2, 0.25) is 0 Å². The lowest BCUT2D eigenvalue weighted by atomic mass is 9.99. The van der Waals surface area contributed by atoms with Crippen LogP contribution in [0.5, 0.6) is 0 Å². The highest BCUT2D eigenvalue weighted by atomic mass is 16.4. The van der Waals surface area contributed by atoms with Gasteiger partial charge in [-0.1, -0.05) is 25.1 Å². The molecule has 0 aliphatic carbocycles. The van der Waals surface area contributed by atoms with Crippen LogP contribution in [0.3, 0.4) is 0 Å². The summed E-state index contributed by atoms with van der Waals surface area (Å²) in [6.45, 7) is 2.66. The molecular weight excluding hydrogens is 256 g/mol. The largest absolute Gasteiger partial charge is 0.481 e. The molecule has 2 aromatic rings. The predicted octanol–water partition coefficient (Wildman–Crippen LogP) is 1.96. The Bertz CT molecular complexity index is 677. The van der Waals surface area contributed by atoms with E-state index in [1.54, 1.807) is 11.1 Å². The van der Waals surface area contributed by atoms with E-state index in [-0.39, 0.29) is 18.4 Å². The van der Waals surface area contributed by atoms with Crippen LogP contribution in [0.4, 0.5) is 0 Å². The fraction of sp³-hybridized carbons (Fsp3) is 0.333. The number of carbonyl (C=O) groups excluding carboxylic acids is 1. The first-order valence-corrected chi connectivity index (χ1v) is 6.66. The monoisotopic (exact) mass is 272 g/mol. The van der Waals surface area contributed by atoms with Crippen molar-refractivity contribution in [1.29, 1.82) is 0 Å². The van der Waals surface area contributed by atoms with E-state index >= 15 is 0 Å². The van der Waals surface area contributed by atoms with Gasteiger partial charge in [0.25, 0.3) is 5.91 Å². The Balaban J connectivity index is 1.89. The number of likely N-dealkylation sites (tertiary alicyclic amines) is 1. The lowest BCUT2D eigenvalue weighted by Crippen LogP contribution is -2.29. The molecule has 2 heterocycles. The number of hydrogen-bond acceptors (Lipinski definition) is 2. The lowest BCUT2D eigenvalue weighted by molar-refractivity contribution is -0.142. The van der Waals surface area contributed by atoms with E-state index in [4.69, 9.17) is 5.11 Å². The number of nitrogens with one attached hydrogen (secondary N) is 1. The van der Waals surface area contributed by atoms with E-state index in [9.17, 15) is 9.59 Å². The molecule has 1 aliphatic heterocycles. The normalized spacial score (nSPS) is 22.4. The number of aromatic nitrogens is 1. The van der Waals surface area contributed by atoms with E-state index in [1.807, 2.05) is 31.2 Å². The van der Waals surface area contributed by atoms with Gasteiger partial charge in [-0.2, -0.15) is 0 Å². The molecule has 2 N–H and O–H groups in total. The maximum Gasteiger partial charge on any atom is 0.308 e. The molecule has 104 valence electrons. The van der Waals surface area contributed by atoms with Gasteiger partial charge in [-0.15, -0.1) is 0 Å². The second-order valence-electron chi connectivity index (χ2n) is 5.38. The second-order valence-corrected chi connectivity index (χ2v) is 5.38. The van der Waals surface area contributed by atoms with E-state index in [0.717, 1.165) is 10.9 Å². The van der Waals surface area contributed by atoms with Crippen LogP contribution in [0.15, 0.2) is 30.5 Å². The molecule has 1 aliphatic rings. The highest BCUT2D eigenvalue weighted by molar-refractivity contribution is 6.06. The van der Waals surface area contributed by atoms with E-state index < -0.39 is 11.9 Å². The van der Waals surface area contributed by atoms with Crippen molar-refractivity contribution >= 4 is 22.8 Å². The third-order valence-electron chi connectivity index (χ3n) is 4.04. The summed E-state index contributed by atoms with van der Waals surface area (Å²) < 4.78 is 0. The molecule has 20 heavy (non-hydrogen) atoms. The van der Waals surface area contributed by atoms with Gasteiger partial charge < -0.3 is 15.0 Å². The van der Waals surface area contributed by atoms with E-state index in [0.29, 0.717) is 12.1 Å². The molecule has 1 aromatic heterocycles. The zero-order chi connectivity index (χ0) is 14.3. The molecule has 1 fully saturated rings. The number of H-pyrrole nitrogens is 1. The standard InChI is InChI=1S/C15H16N2O3/c1-9-7-17(8-12(9)15(19)20)14(18)11-6-16-13-5-3-2-4-10(11)13/h2-6,9,12,16H,7-8H2,1H3,(H,19,20)/t9-,12-/m1/s1. The highest BCUT2D eigenvalue weighted by Crippen LogP contribution is 2.27. The number of carbonyl (C=O) groups is 2. The predicted molar refractivity (Wildman–Crippen MR) is 74.5 cm³/mol. The summed E-state index contributed by atoms with van der Waals surface area (Å²) in [6.07, 6.45) is 1.70. The maximum absolute atomic E-state index is 12.5. The maximum atomic E-state index is 12.5. The molecule has 1 amide bonds. The number of fused-ring (bicyclic) bond motifs is 1.